The second kappa shape index (κ2) is 10.3. The molecule has 108 valence electrons. The molecule has 3 N–H and O–H groups in total. The van der Waals surface area contributed by atoms with Crippen LogP contribution in [0.2, 0.25) is 0 Å². The Morgan fingerprint density at radius 2 is 1.72 bits per heavy atom. The molecule has 0 aliphatic rings. The predicted octanol–water partition coefficient (Wildman–Crippen LogP) is 1.53. The van der Waals surface area contributed by atoms with Gasteiger partial charge in [-0.05, 0) is 19.3 Å². The highest BCUT2D eigenvalue weighted by Gasteiger charge is 2.03. The summed E-state index contributed by atoms with van der Waals surface area (Å²) in [7, 11) is -3.36. The van der Waals surface area contributed by atoms with Crippen LogP contribution in [0.3, 0.4) is 0 Å². The minimum atomic E-state index is -3.36. The van der Waals surface area contributed by atoms with Crippen LogP contribution in [0.25, 0.3) is 0 Å². The molecule has 0 unspecified atom stereocenters. The third-order valence-electron chi connectivity index (χ3n) is 2.69. The van der Waals surface area contributed by atoms with E-state index in [0.29, 0.717) is 25.8 Å². The summed E-state index contributed by atoms with van der Waals surface area (Å²) >= 11 is 0. The highest BCUT2D eigenvalue weighted by Crippen LogP contribution is 2.04. The minimum absolute atomic E-state index is 0.0140. The maximum atomic E-state index is 11.4. The molecular weight excluding hydrogens is 252 g/mol. The van der Waals surface area contributed by atoms with Crippen molar-refractivity contribution >= 4 is 15.9 Å². The molecule has 0 rings (SSSR count). The number of nitrogens with two attached hydrogens (primary N) is 1. The van der Waals surface area contributed by atoms with Gasteiger partial charge < -0.3 is 5.32 Å². The zero-order chi connectivity index (χ0) is 13.9. The predicted molar refractivity (Wildman–Crippen MR) is 73.6 cm³/mol. The van der Waals surface area contributed by atoms with Gasteiger partial charge in [0.15, 0.2) is 0 Å². The molecule has 0 fully saturated rings. The smallest absolute Gasteiger partial charge is 0.219 e. The molecule has 1 amide bonds. The number of rotatable bonds is 11. The van der Waals surface area contributed by atoms with Crippen LogP contribution in [0.15, 0.2) is 0 Å². The zero-order valence-electron chi connectivity index (χ0n) is 11.3. The summed E-state index contributed by atoms with van der Waals surface area (Å²) in [6, 6.07) is 0. The third kappa shape index (κ3) is 13.4. The second-order valence-electron chi connectivity index (χ2n) is 4.59. The number of carbonyl (C=O) groups excluding carboxylic acids is 1. The molecule has 0 radical (unpaired) electrons. The van der Waals surface area contributed by atoms with Crippen LogP contribution >= 0.6 is 0 Å². The lowest BCUT2D eigenvalue weighted by molar-refractivity contribution is -0.121. The summed E-state index contributed by atoms with van der Waals surface area (Å²) in [4.78, 5) is 11.4. The fourth-order valence-electron chi connectivity index (χ4n) is 1.63. The van der Waals surface area contributed by atoms with E-state index in [1.807, 2.05) is 0 Å². The lowest BCUT2D eigenvalue weighted by Gasteiger charge is -2.04. The first kappa shape index (κ1) is 17.4. The van der Waals surface area contributed by atoms with Crippen molar-refractivity contribution in [1.82, 2.24) is 5.32 Å². The van der Waals surface area contributed by atoms with E-state index in [0.717, 1.165) is 12.8 Å². The maximum Gasteiger partial charge on any atom is 0.219 e. The first-order valence-corrected chi connectivity index (χ1v) is 8.44. The number of hydrogen-bond acceptors (Lipinski definition) is 3. The Bertz CT molecular complexity index is 315. The SMILES string of the molecule is CCCCCCCC(=O)NCCCCS(N)(=O)=O. The average Bonchev–Trinajstić information content (AvgIpc) is 2.27. The van der Waals surface area contributed by atoms with Crippen molar-refractivity contribution in [2.24, 2.45) is 5.14 Å². The van der Waals surface area contributed by atoms with Gasteiger partial charge in [-0.2, -0.15) is 0 Å². The number of primary sulfonamides is 1. The summed E-state index contributed by atoms with van der Waals surface area (Å²) in [5, 5.41) is 7.65. The van der Waals surface area contributed by atoms with Crippen molar-refractivity contribution in [2.45, 2.75) is 58.3 Å². The van der Waals surface area contributed by atoms with Crippen molar-refractivity contribution in [1.29, 1.82) is 0 Å². The first-order valence-electron chi connectivity index (χ1n) is 6.73. The van der Waals surface area contributed by atoms with Crippen molar-refractivity contribution in [3.63, 3.8) is 0 Å². The largest absolute Gasteiger partial charge is 0.356 e. The molecule has 0 aromatic rings. The number of carbonyl (C=O) groups is 1. The van der Waals surface area contributed by atoms with E-state index < -0.39 is 10.0 Å². The van der Waals surface area contributed by atoms with E-state index in [1.54, 1.807) is 0 Å². The Labute approximate surface area is 111 Å². The van der Waals surface area contributed by atoms with E-state index >= 15 is 0 Å². The summed E-state index contributed by atoms with van der Waals surface area (Å²) in [5.74, 6) is 0.0435. The molecule has 5 nitrogen and oxygen atoms in total. The molecule has 6 heteroatoms. The highest BCUT2D eigenvalue weighted by molar-refractivity contribution is 7.89. The lowest BCUT2D eigenvalue weighted by Crippen LogP contribution is -2.25. The maximum absolute atomic E-state index is 11.4. The minimum Gasteiger partial charge on any atom is -0.356 e. The van der Waals surface area contributed by atoms with E-state index in [-0.39, 0.29) is 11.7 Å². The number of sulfonamides is 1. The Kier molecular flexibility index (Phi) is 9.96. The van der Waals surface area contributed by atoms with Crippen molar-refractivity contribution in [2.75, 3.05) is 12.3 Å². The molecule has 0 aromatic carbocycles. The van der Waals surface area contributed by atoms with Gasteiger partial charge >= 0.3 is 0 Å². The fourth-order valence-corrected chi connectivity index (χ4v) is 2.24. The summed E-state index contributed by atoms with van der Waals surface area (Å²) in [5.41, 5.74) is 0. The van der Waals surface area contributed by atoms with E-state index in [1.165, 1.54) is 19.3 Å². The normalized spacial score (nSPS) is 11.4. The lowest BCUT2D eigenvalue weighted by atomic mass is 10.1. The third-order valence-corrected chi connectivity index (χ3v) is 3.54. The fraction of sp³-hybridized carbons (Fsp3) is 0.917. The van der Waals surface area contributed by atoms with Crippen molar-refractivity contribution < 1.29 is 13.2 Å². The molecule has 0 spiro atoms. The molecule has 0 aliphatic carbocycles. The van der Waals surface area contributed by atoms with Gasteiger partial charge in [-0.25, -0.2) is 13.6 Å². The van der Waals surface area contributed by atoms with Crippen molar-refractivity contribution in [3.05, 3.63) is 0 Å². The van der Waals surface area contributed by atoms with Crippen LogP contribution in [0.5, 0.6) is 0 Å². The van der Waals surface area contributed by atoms with E-state index in [4.69, 9.17) is 5.14 Å². The van der Waals surface area contributed by atoms with Gasteiger partial charge in [-0.1, -0.05) is 32.6 Å². The molecule has 0 atom stereocenters. The molecule has 0 saturated carbocycles. The van der Waals surface area contributed by atoms with Gasteiger partial charge in [0.1, 0.15) is 0 Å². The van der Waals surface area contributed by atoms with Crippen LogP contribution < -0.4 is 10.5 Å². The molecule has 0 aromatic heterocycles. The van der Waals surface area contributed by atoms with Crippen LogP contribution in [0.4, 0.5) is 0 Å². The van der Waals surface area contributed by atoms with Crippen LogP contribution in [-0.2, 0) is 14.8 Å². The van der Waals surface area contributed by atoms with Crippen LogP contribution in [-0.4, -0.2) is 26.6 Å². The molecule has 0 aliphatic heterocycles. The first-order chi connectivity index (χ1) is 8.45. The molecule has 18 heavy (non-hydrogen) atoms. The number of nitrogens with one attached hydrogen (secondary N) is 1. The summed E-state index contributed by atoms with van der Waals surface area (Å²) in [6.45, 7) is 2.69. The Morgan fingerprint density at radius 3 is 2.33 bits per heavy atom. The number of unbranched alkanes of at least 4 members (excludes halogenated alkanes) is 5. The molecule has 0 saturated heterocycles. The molecule has 0 heterocycles. The Hall–Kier alpha value is -0.620. The summed E-state index contributed by atoms with van der Waals surface area (Å²) in [6.07, 6.45) is 7.38. The second-order valence-corrected chi connectivity index (χ2v) is 6.32. The highest BCUT2D eigenvalue weighted by atomic mass is 32.2. The van der Waals surface area contributed by atoms with Crippen molar-refractivity contribution in [3.8, 4) is 0 Å². The topological polar surface area (TPSA) is 89.3 Å². The van der Waals surface area contributed by atoms with Gasteiger partial charge in [-0.15, -0.1) is 0 Å². The summed E-state index contributed by atoms with van der Waals surface area (Å²) < 4.78 is 21.3. The Balaban J connectivity index is 3.32. The number of hydrogen-bond donors (Lipinski definition) is 2. The van der Waals surface area contributed by atoms with Crippen LogP contribution in [0.1, 0.15) is 58.3 Å². The van der Waals surface area contributed by atoms with Gasteiger partial charge in [-0.3, -0.25) is 4.79 Å². The zero-order valence-corrected chi connectivity index (χ0v) is 12.1. The Morgan fingerprint density at radius 1 is 1.06 bits per heavy atom. The molecule has 0 bridgehead atoms. The number of amides is 1. The molecular formula is C12H26N2O3S. The average molecular weight is 278 g/mol. The van der Waals surface area contributed by atoms with Gasteiger partial charge in [0.25, 0.3) is 0 Å². The van der Waals surface area contributed by atoms with E-state index in [9.17, 15) is 13.2 Å². The van der Waals surface area contributed by atoms with Gasteiger partial charge in [0, 0.05) is 13.0 Å². The van der Waals surface area contributed by atoms with Gasteiger partial charge in [0.2, 0.25) is 15.9 Å². The van der Waals surface area contributed by atoms with Gasteiger partial charge in [0.05, 0.1) is 5.75 Å². The quantitative estimate of drug-likeness (QED) is 0.562. The van der Waals surface area contributed by atoms with E-state index in [2.05, 4.69) is 12.2 Å². The standard InChI is InChI=1S/C12H26N2O3S/c1-2-3-4-5-6-9-12(15)14-10-7-8-11-18(13,16)17/h2-11H2,1H3,(H,14,15)(H2,13,16,17). The monoisotopic (exact) mass is 278 g/mol. The van der Waals surface area contributed by atoms with Crippen LogP contribution in [0, 0.1) is 0 Å².